The monoisotopic (exact) mass is 136 g/mol. The van der Waals surface area contributed by atoms with Gasteiger partial charge in [0.2, 0.25) is 0 Å². The summed E-state index contributed by atoms with van der Waals surface area (Å²) in [6, 6.07) is 2.00. The molecule has 0 unspecified atom stereocenters. The molecule has 54 valence electrons. The standard InChI is InChI=1S/C8H12N2/c1-3-10-8-6-9-5-4-7(8)2/h4-6,10H,3H2,1-2H3. The lowest BCUT2D eigenvalue weighted by Gasteiger charge is -2.04. The predicted octanol–water partition coefficient (Wildman–Crippen LogP) is 1.82. The summed E-state index contributed by atoms with van der Waals surface area (Å²) in [6.07, 6.45) is 3.65. The number of rotatable bonds is 2. The van der Waals surface area contributed by atoms with Crippen LogP contribution in [0.1, 0.15) is 12.5 Å². The zero-order valence-corrected chi connectivity index (χ0v) is 6.39. The molecule has 0 amide bonds. The van der Waals surface area contributed by atoms with Crippen LogP contribution in [0.25, 0.3) is 0 Å². The molecule has 1 heterocycles. The summed E-state index contributed by atoms with van der Waals surface area (Å²) in [5.74, 6) is 0. The van der Waals surface area contributed by atoms with E-state index in [1.807, 2.05) is 12.3 Å². The first-order valence-electron chi connectivity index (χ1n) is 3.49. The molecule has 0 aliphatic heterocycles. The van der Waals surface area contributed by atoms with E-state index in [-0.39, 0.29) is 0 Å². The Balaban J connectivity index is 2.81. The van der Waals surface area contributed by atoms with Gasteiger partial charge in [-0.15, -0.1) is 0 Å². The van der Waals surface area contributed by atoms with Crippen molar-refractivity contribution in [3.8, 4) is 0 Å². The largest absolute Gasteiger partial charge is 0.384 e. The second-order valence-corrected chi connectivity index (χ2v) is 2.22. The lowest BCUT2D eigenvalue weighted by atomic mass is 10.2. The van der Waals surface area contributed by atoms with Gasteiger partial charge >= 0.3 is 0 Å². The van der Waals surface area contributed by atoms with Crippen LogP contribution in [0.2, 0.25) is 0 Å². The van der Waals surface area contributed by atoms with E-state index in [0.717, 1.165) is 12.2 Å². The highest BCUT2D eigenvalue weighted by Gasteiger charge is 1.91. The number of nitrogens with zero attached hydrogens (tertiary/aromatic N) is 1. The molecule has 1 aromatic rings. The normalized spacial score (nSPS) is 9.40. The van der Waals surface area contributed by atoms with Gasteiger partial charge in [0.05, 0.1) is 11.9 Å². The van der Waals surface area contributed by atoms with Crippen LogP contribution >= 0.6 is 0 Å². The first-order chi connectivity index (χ1) is 4.84. The Morgan fingerprint density at radius 1 is 1.60 bits per heavy atom. The van der Waals surface area contributed by atoms with E-state index in [9.17, 15) is 0 Å². The van der Waals surface area contributed by atoms with E-state index < -0.39 is 0 Å². The summed E-state index contributed by atoms with van der Waals surface area (Å²) in [7, 11) is 0. The Kier molecular flexibility index (Phi) is 2.26. The van der Waals surface area contributed by atoms with Crippen LogP contribution in [0.3, 0.4) is 0 Å². The molecule has 0 spiro atoms. The first-order valence-corrected chi connectivity index (χ1v) is 3.49. The van der Waals surface area contributed by atoms with Gasteiger partial charge in [-0.1, -0.05) is 0 Å². The minimum Gasteiger partial charge on any atom is -0.384 e. The molecule has 0 saturated carbocycles. The molecule has 0 atom stereocenters. The highest BCUT2D eigenvalue weighted by atomic mass is 14.9. The highest BCUT2D eigenvalue weighted by Crippen LogP contribution is 2.09. The third-order valence-corrected chi connectivity index (χ3v) is 1.41. The van der Waals surface area contributed by atoms with E-state index in [1.54, 1.807) is 6.20 Å². The molecule has 2 nitrogen and oxygen atoms in total. The number of anilines is 1. The molecule has 1 rings (SSSR count). The molecule has 0 aromatic carbocycles. The maximum Gasteiger partial charge on any atom is 0.0556 e. The Bertz CT molecular complexity index is 208. The predicted molar refractivity (Wildman–Crippen MR) is 43.1 cm³/mol. The smallest absolute Gasteiger partial charge is 0.0556 e. The molecule has 0 saturated heterocycles. The second-order valence-electron chi connectivity index (χ2n) is 2.22. The van der Waals surface area contributed by atoms with Gasteiger partial charge < -0.3 is 5.32 Å². The van der Waals surface area contributed by atoms with Crippen LogP contribution in [0.15, 0.2) is 18.5 Å². The fourth-order valence-corrected chi connectivity index (χ4v) is 0.840. The zero-order valence-electron chi connectivity index (χ0n) is 6.39. The molecule has 0 radical (unpaired) electrons. The summed E-state index contributed by atoms with van der Waals surface area (Å²) < 4.78 is 0. The van der Waals surface area contributed by atoms with Crippen molar-refractivity contribution in [2.45, 2.75) is 13.8 Å². The second kappa shape index (κ2) is 3.20. The molecule has 0 fully saturated rings. The molecular formula is C8H12N2. The van der Waals surface area contributed by atoms with Crippen LogP contribution in [-0.4, -0.2) is 11.5 Å². The summed E-state index contributed by atoms with van der Waals surface area (Å²) >= 11 is 0. The third kappa shape index (κ3) is 1.47. The highest BCUT2D eigenvalue weighted by molar-refractivity contribution is 5.47. The van der Waals surface area contributed by atoms with Crippen LogP contribution in [0.4, 0.5) is 5.69 Å². The molecule has 1 aromatic heterocycles. The van der Waals surface area contributed by atoms with Crippen molar-refractivity contribution in [1.29, 1.82) is 0 Å². The Morgan fingerprint density at radius 3 is 3.00 bits per heavy atom. The van der Waals surface area contributed by atoms with Gasteiger partial charge in [-0.25, -0.2) is 0 Å². The molecule has 0 aliphatic carbocycles. The van der Waals surface area contributed by atoms with Crippen LogP contribution in [0.5, 0.6) is 0 Å². The van der Waals surface area contributed by atoms with Crippen molar-refractivity contribution in [3.05, 3.63) is 24.0 Å². The van der Waals surface area contributed by atoms with Gasteiger partial charge in [0, 0.05) is 12.7 Å². The van der Waals surface area contributed by atoms with Crippen LogP contribution < -0.4 is 5.32 Å². The quantitative estimate of drug-likeness (QED) is 0.670. The maximum absolute atomic E-state index is 4.00. The fourth-order valence-electron chi connectivity index (χ4n) is 0.840. The average molecular weight is 136 g/mol. The molecule has 2 heteroatoms. The van der Waals surface area contributed by atoms with Gasteiger partial charge in [-0.2, -0.15) is 0 Å². The van der Waals surface area contributed by atoms with E-state index in [4.69, 9.17) is 0 Å². The van der Waals surface area contributed by atoms with Crippen molar-refractivity contribution in [1.82, 2.24) is 4.98 Å². The van der Waals surface area contributed by atoms with E-state index in [1.165, 1.54) is 5.56 Å². The molecule has 0 aliphatic rings. The van der Waals surface area contributed by atoms with Crippen molar-refractivity contribution < 1.29 is 0 Å². The van der Waals surface area contributed by atoms with Crippen molar-refractivity contribution in [3.63, 3.8) is 0 Å². The number of hydrogen-bond donors (Lipinski definition) is 1. The SMILES string of the molecule is CCNc1cnccc1C. The average Bonchev–Trinajstić information content (AvgIpc) is 1.94. The van der Waals surface area contributed by atoms with Crippen molar-refractivity contribution in [2.24, 2.45) is 0 Å². The fraction of sp³-hybridized carbons (Fsp3) is 0.375. The van der Waals surface area contributed by atoms with Gasteiger partial charge in [0.1, 0.15) is 0 Å². The Morgan fingerprint density at radius 2 is 2.40 bits per heavy atom. The number of aryl methyl sites for hydroxylation is 1. The lowest BCUT2D eigenvalue weighted by Crippen LogP contribution is -1.98. The summed E-state index contributed by atoms with van der Waals surface area (Å²) in [6.45, 7) is 5.10. The number of aromatic nitrogens is 1. The molecular weight excluding hydrogens is 124 g/mol. The Hall–Kier alpha value is -1.05. The van der Waals surface area contributed by atoms with Gasteiger partial charge in [0.25, 0.3) is 0 Å². The summed E-state index contributed by atoms with van der Waals surface area (Å²) in [5.41, 5.74) is 2.38. The van der Waals surface area contributed by atoms with Crippen molar-refractivity contribution >= 4 is 5.69 Å². The number of nitrogens with one attached hydrogen (secondary N) is 1. The summed E-state index contributed by atoms with van der Waals surface area (Å²) in [4.78, 5) is 4.00. The van der Waals surface area contributed by atoms with Crippen LogP contribution in [-0.2, 0) is 0 Å². The van der Waals surface area contributed by atoms with Gasteiger partial charge in [-0.05, 0) is 25.5 Å². The van der Waals surface area contributed by atoms with Crippen molar-refractivity contribution in [2.75, 3.05) is 11.9 Å². The van der Waals surface area contributed by atoms with E-state index in [2.05, 4.69) is 24.1 Å². The minimum atomic E-state index is 0.951. The summed E-state index contributed by atoms with van der Waals surface area (Å²) in [5, 5.41) is 3.21. The number of pyridine rings is 1. The maximum atomic E-state index is 4.00. The molecule has 0 bridgehead atoms. The van der Waals surface area contributed by atoms with E-state index in [0.29, 0.717) is 0 Å². The lowest BCUT2D eigenvalue weighted by molar-refractivity contribution is 1.17. The minimum absolute atomic E-state index is 0.951. The van der Waals surface area contributed by atoms with E-state index >= 15 is 0 Å². The zero-order chi connectivity index (χ0) is 7.40. The molecule has 1 N–H and O–H groups in total. The van der Waals surface area contributed by atoms with Gasteiger partial charge in [0.15, 0.2) is 0 Å². The number of hydrogen-bond acceptors (Lipinski definition) is 2. The molecule has 10 heavy (non-hydrogen) atoms. The van der Waals surface area contributed by atoms with Crippen LogP contribution in [0, 0.1) is 6.92 Å². The first kappa shape index (κ1) is 7.06. The Labute approximate surface area is 61.3 Å². The van der Waals surface area contributed by atoms with Gasteiger partial charge in [-0.3, -0.25) is 4.98 Å². The topological polar surface area (TPSA) is 24.9 Å². The third-order valence-electron chi connectivity index (χ3n) is 1.41.